The highest BCUT2D eigenvalue weighted by atomic mass is 16.5. The van der Waals surface area contributed by atoms with Gasteiger partial charge in [0.05, 0.1) is 12.7 Å². The number of benzene rings is 1. The fourth-order valence-electron chi connectivity index (χ4n) is 2.00. The molecule has 0 fully saturated rings. The van der Waals surface area contributed by atoms with Gasteiger partial charge in [-0.3, -0.25) is 4.79 Å². The van der Waals surface area contributed by atoms with Gasteiger partial charge in [0.1, 0.15) is 5.75 Å². The minimum atomic E-state index is -0.569. The summed E-state index contributed by atoms with van der Waals surface area (Å²) in [5.41, 5.74) is 6.35. The molecule has 8 heteroatoms. The van der Waals surface area contributed by atoms with Gasteiger partial charge in [-0.2, -0.15) is 4.98 Å². The van der Waals surface area contributed by atoms with Gasteiger partial charge in [0.25, 0.3) is 11.8 Å². The van der Waals surface area contributed by atoms with Crippen molar-refractivity contribution in [1.29, 1.82) is 0 Å². The number of primary amides is 1. The number of ether oxygens (including phenoxy) is 2. The molecule has 0 spiro atoms. The van der Waals surface area contributed by atoms with Gasteiger partial charge in [0, 0.05) is 17.8 Å². The van der Waals surface area contributed by atoms with Crippen LogP contribution in [0.5, 0.6) is 11.6 Å². The van der Waals surface area contributed by atoms with Crippen molar-refractivity contribution >= 4 is 5.91 Å². The fourth-order valence-corrected chi connectivity index (χ4v) is 2.00. The molecule has 3 aromatic rings. The normalized spacial score (nSPS) is 10.4. The Morgan fingerprint density at radius 3 is 2.79 bits per heavy atom. The number of hydrogen-bond acceptors (Lipinski definition) is 7. The number of carbonyl (C=O) groups is 1. The van der Waals surface area contributed by atoms with Gasteiger partial charge < -0.3 is 19.7 Å². The molecular weight excluding hydrogens is 312 g/mol. The molecule has 0 aliphatic heterocycles. The minimum absolute atomic E-state index is 0.236. The van der Waals surface area contributed by atoms with Crippen molar-refractivity contribution in [2.45, 2.75) is 0 Å². The van der Waals surface area contributed by atoms with Crippen LogP contribution >= 0.6 is 0 Å². The van der Waals surface area contributed by atoms with Crippen LogP contribution in [0.3, 0.4) is 0 Å². The van der Waals surface area contributed by atoms with E-state index >= 15 is 0 Å². The highest BCUT2D eigenvalue weighted by molar-refractivity contribution is 5.76. The molecule has 0 aliphatic rings. The first-order valence-electron chi connectivity index (χ1n) is 7.02. The molecule has 8 nitrogen and oxygen atoms in total. The van der Waals surface area contributed by atoms with Crippen LogP contribution in [0.2, 0.25) is 0 Å². The molecule has 3 rings (SSSR count). The molecule has 2 N–H and O–H groups in total. The second-order valence-electron chi connectivity index (χ2n) is 4.76. The number of carbonyl (C=O) groups excluding carboxylic acids is 1. The van der Waals surface area contributed by atoms with Crippen LogP contribution in [-0.4, -0.2) is 34.7 Å². The maximum atomic E-state index is 10.9. The Morgan fingerprint density at radius 1 is 1.25 bits per heavy atom. The second-order valence-corrected chi connectivity index (χ2v) is 4.76. The van der Waals surface area contributed by atoms with Gasteiger partial charge in [0.2, 0.25) is 11.7 Å². The number of pyridine rings is 1. The third-order valence-corrected chi connectivity index (χ3v) is 3.12. The van der Waals surface area contributed by atoms with E-state index in [1.54, 1.807) is 42.6 Å². The first kappa shape index (κ1) is 15.5. The third kappa shape index (κ3) is 3.32. The van der Waals surface area contributed by atoms with Crippen molar-refractivity contribution in [2.24, 2.45) is 5.73 Å². The number of rotatable bonds is 6. The maximum absolute atomic E-state index is 10.9. The molecule has 122 valence electrons. The zero-order chi connectivity index (χ0) is 16.9. The van der Waals surface area contributed by atoms with E-state index in [2.05, 4.69) is 15.1 Å². The second kappa shape index (κ2) is 6.78. The fraction of sp³-hybridized carbons (Fsp3) is 0.125. The van der Waals surface area contributed by atoms with Crippen molar-refractivity contribution in [2.75, 3.05) is 13.7 Å². The van der Waals surface area contributed by atoms with Crippen LogP contribution in [0.25, 0.3) is 22.8 Å². The van der Waals surface area contributed by atoms with Crippen LogP contribution in [0, 0.1) is 0 Å². The highest BCUT2D eigenvalue weighted by Gasteiger charge is 2.15. The van der Waals surface area contributed by atoms with Gasteiger partial charge in [-0.1, -0.05) is 17.3 Å². The van der Waals surface area contributed by atoms with Crippen LogP contribution in [0.1, 0.15) is 0 Å². The molecule has 0 aliphatic carbocycles. The Hall–Kier alpha value is -3.42. The van der Waals surface area contributed by atoms with E-state index in [0.29, 0.717) is 28.6 Å². The van der Waals surface area contributed by atoms with Gasteiger partial charge in [-0.05, 0) is 18.2 Å². The van der Waals surface area contributed by atoms with Gasteiger partial charge >= 0.3 is 0 Å². The lowest BCUT2D eigenvalue weighted by molar-refractivity contribution is -0.119. The predicted octanol–water partition coefficient (Wildman–Crippen LogP) is 1.67. The monoisotopic (exact) mass is 326 g/mol. The van der Waals surface area contributed by atoms with Crippen molar-refractivity contribution in [3.8, 4) is 34.5 Å². The molecular formula is C16H14N4O4. The number of aromatic nitrogens is 3. The van der Waals surface area contributed by atoms with Gasteiger partial charge in [-0.25, -0.2) is 4.98 Å². The molecule has 0 saturated carbocycles. The summed E-state index contributed by atoms with van der Waals surface area (Å²) >= 11 is 0. The van der Waals surface area contributed by atoms with Gasteiger partial charge in [-0.15, -0.1) is 0 Å². The first-order valence-corrected chi connectivity index (χ1v) is 7.02. The Balaban J connectivity index is 1.88. The number of nitrogens with two attached hydrogens (primary N) is 1. The lowest BCUT2D eigenvalue weighted by atomic mass is 10.2. The first-order chi connectivity index (χ1) is 11.7. The molecule has 1 aromatic carbocycles. The molecule has 0 atom stereocenters. The molecule has 0 saturated heterocycles. The summed E-state index contributed by atoms with van der Waals surface area (Å²) in [6, 6.07) is 10.5. The van der Waals surface area contributed by atoms with E-state index in [0.717, 1.165) is 0 Å². The van der Waals surface area contributed by atoms with Crippen LogP contribution in [0.4, 0.5) is 0 Å². The summed E-state index contributed by atoms with van der Waals surface area (Å²) in [6.45, 7) is -0.236. The summed E-state index contributed by atoms with van der Waals surface area (Å²) in [7, 11) is 1.54. The topological polar surface area (TPSA) is 113 Å². The third-order valence-electron chi connectivity index (χ3n) is 3.12. The van der Waals surface area contributed by atoms with E-state index in [1.165, 1.54) is 7.11 Å². The van der Waals surface area contributed by atoms with Crippen molar-refractivity contribution < 1.29 is 18.8 Å². The number of nitrogens with zero attached hydrogens (tertiary/aromatic N) is 3. The largest absolute Gasteiger partial charge is 0.483 e. The van der Waals surface area contributed by atoms with Crippen LogP contribution in [-0.2, 0) is 4.79 Å². The smallest absolute Gasteiger partial charge is 0.262 e. The van der Waals surface area contributed by atoms with E-state index in [4.69, 9.17) is 19.7 Å². The molecule has 2 aromatic heterocycles. The minimum Gasteiger partial charge on any atom is -0.483 e. The molecule has 24 heavy (non-hydrogen) atoms. The SMILES string of the molecule is COc1ccc(-c2noc(-c3ccccc3OCC(N)=O)n2)cn1. The summed E-state index contributed by atoms with van der Waals surface area (Å²) < 4.78 is 15.7. The van der Waals surface area contributed by atoms with E-state index < -0.39 is 5.91 Å². The summed E-state index contributed by atoms with van der Waals surface area (Å²) in [5.74, 6) is 0.998. The molecule has 0 bridgehead atoms. The zero-order valence-electron chi connectivity index (χ0n) is 12.8. The Kier molecular flexibility index (Phi) is 4.37. The van der Waals surface area contributed by atoms with Crippen LogP contribution < -0.4 is 15.2 Å². The van der Waals surface area contributed by atoms with Crippen LogP contribution in [0.15, 0.2) is 47.1 Å². The summed E-state index contributed by atoms with van der Waals surface area (Å²) in [6.07, 6.45) is 1.59. The average Bonchev–Trinajstić information content (AvgIpc) is 3.10. The Bertz CT molecular complexity index is 845. The highest BCUT2D eigenvalue weighted by Crippen LogP contribution is 2.30. The molecule has 2 heterocycles. The molecule has 1 amide bonds. The van der Waals surface area contributed by atoms with E-state index in [9.17, 15) is 4.79 Å². The lowest BCUT2D eigenvalue weighted by Crippen LogP contribution is -2.20. The van der Waals surface area contributed by atoms with Crippen molar-refractivity contribution in [1.82, 2.24) is 15.1 Å². The van der Waals surface area contributed by atoms with Crippen molar-refractivity contribution in [3.63, 3.8) is 0 Å². The standard InChI is InChI=1S/C16H14N4O4/c1-22-14-7-6-10(8-18-14)15-19-16(24-20-15)11-4-2-3-5-12(11)23-9-13(17)21/h2-8H,9H2,1H3,(H2,17,21). The number of amides is 1. The van der Waals surface area contributed by atoms with E-state index in [-0.39, 0.29) is 12.5 Å². The average molecular weight is 326 g/mol. The maximum Gasteiger partial charge on any atom is 0.262 e. The Morgan fingerprint density at radius 2 is 2.08 bits per heavy atom. The quantitative estimate of drug-likeness (QED) is 0.733. The molecule has 0 unspecified atom stereocenters. The lowest BCUT2D eigenvalue weighted by Gasteiger charge is -2.06. The number of hydrogen-bond donors (Lipinski definition) is 1. The summed E-state index contributed by atoms with van der Waals surface area (Å²) in [4.78, 5) is 19.3. The number of methoxy groups -OCH3 is 1. The number of para-hydroxylation sites is 1. The zero-order valence-corrected chi connectivity index (χ0v) is 12.8. The molecule has 0 radical (unpaired) electrons. The van der Waals surface area contributed by atoms with E-state index in [1.807, 2.05) is 0 Å². The Labute approximate surface area is 137 Å². The predicted molar refractivity (Wildman–Crippen MR) is 84.2 cm³/mol. The summed E-state index contributed by atoms with van der Waals surface area (Å²) in [5, 5.41) is 3.94. The van der Waals surface area contributed by atoms with Gasteiger partial charge in [0.15, 0.2) is 6.61 Å². The van der Waals surface area contributed by atoms with Crippen molar-refractivity contribution in [3.05, 3.63) is 42.6 Å².